The molecule has 1 rings (SSSR count). The first-order valence-electron chi connectivity index (χ1n) is 4.23. The van der Waals surface area contributed by atoms with Gasteiger partial charge in [-0.25, -0.2) is 9.18 Å². The largest absolute Gasteiger partial charge is 0.440 e. The van der Waals surface area contributed by atoms with Crippen LogP contribution in [0.25, 0.3) is 0 Å². The number of rotatable bonds is 2. The normalized spacial score (nSPS) is 11.1. The molecule has 0 radical (unpaired) electrons. The van der Waals surface area contributed by atoms with E-state index in [4.69, 9.17) is 0 Å². The second kappa shape index (κ2) is 5.35. The number of hydrogen-bond donors (Lipinski definition) is 1. The molecule has 3 nitrogen and oxygen atoms in total. The van der Waals surface area contributed by atoms with Crippen LogP contribution >= 0.6 is 15.9 Å². The summed E-state index contributed by atoms with van der Waals surface area (Å²) in [5, 5.41) is 2.04. The lowest BCUT2D eigenvalue weighted by Gasteiger charge is -2.10. The molecule has 0 unspecified atom stereocenters. The molecule has 0 aliphatic heterocycles. The van der Waals surface area contributed by atoms with Gasteiger partial charge in [0, 0.05) is 4.47 Å². The van der Waals surface area contributed by atoms with Crippen molar-refractivity contribution in [3.63, 3.8) is 0 Å². The zero-order valence-corrected chi connectivity index (χ0v) is 9.73. The summed E-state index contributed by atoms with van der Waals surface area (Å²) in [6, 6.07) is 3.29. The molecule has 0 heterocycles. The smallest absolute Gasteiger partial charge is 0.422 e. The molecule has 0 aliphatic rings. The fourth-order valence-corrected chi connectivity index (χ4v) is 1.33. The fourth-order valence-electron chi connectivity index (χ4n) is 0.884. The van der Waals surface area contributed by atoms with Crippen molar-refractivity contribution in [2.75, 3.05) is 11.9 Å². The third-order valence-corrected chi connectivity index (χ3v) is 2.19. The van der Waals surface area contributed by atoms with Crippen LogP contribution < -0.4 is 5.32 Å². The van der Waals surface area contributed by atoms with Gasteiger partial charge in [0.05, 0.1) is 5.69 Å². The lowest BCUT2D eigenvalue weighted by Crippen LogP contribution is -2.23. The number of ether oxygens (including phenoxy) is 1. The van der Waals surface area contributed by atoms with Gasteiger partial charge in [0.15, 0.2) is 6.61 Å². The van der Waals surface area contributed by atoms with E-state index in [-0.39, 0.29) is 10.2 Å². The minimum Gasteiger partial charge on any atom is -0.440 e. The van der Waals surface area contributed by atoms with Crippen molar-refractivity contribution < 1.29 is 27.1 Å². The molecule has 1 aromatic carbocycles. The number of carbonyl (C=O) groups is 1. The van der Waals surface area contributed by atoms with Crippen molar-refractivity contribution in [3.8, 4) is 0 Å². The molecule has 0 atom stereocenters. The summed E-state index contributed by atoms with van der Waals surface area (Å²) in [5.41, 5.74) is 0.110. The van der Waals surface area contributed by atoms with Gasteiger partial charge < -0.3 is 4.74 Å². The van der Waals surface area contributed by atoms with Crippen molar-refractivity contribution in [3.05, 3.63) is 28.5 Å². The highest BCUT2D eigenvalue weighted by molar-refractivity contribution is 9.10. The zero-order valence-electron chi connectivity index (χ0n) is 8.15. The highest BCUT2D eigenvalue weighted by Gasteiger charge is 2.29. The molecule has 0 fully saturated rings. The van der Waals surface area contributed by atoms with Gasteiger partial charge in [0.2, 0.25) is 0 Å². The van der Waals surface area contributed by atoms with Crippen LogP contribution in [-0.4, -0.2) is 18.9 Å². The van der Waals surface area contributed by atoms with Crippen LogP contribution in [0.2, 0.25) is 0 Å². The molecule has 94 valence electrons. The molecule has 0 spiro atoms. The van der Waals surface area contributed by atoms with Gasteiger partial charge in [-0.05, 0) is 34.1 Å². The molecule has 1 amide bonds. The van der Waals surface area contributed by atoms with E-state index in [9.17, 15) is 22.4 Å². The number of alkyl halides is 3. The quantitative estimate of drug-likeness (QED) is 0.845. The maximum absolute atomic E-state index is 12.7. The summed E-state index contributed by atoms with van der Waals surface area (Å²) in [6.45, 7) is -1.68. The Hall–Kier alpha value is -1.31. The van der Waals surface area contributed by atoms with Crippen LogP contribution in [0.1, 0.15) is 0 Å². The summed E-state index contributed by atoms with van der Waals surface area (Å²) in [5.74, 6) is -0.550. The Morgan fingerprint density at radius 2 is 2.06 bits per heavy atom. The van der Waals surface area contributed by atoms with E-state index in [1.165, 1.54) is 6.07 Å². The van der Waals surface area contributed by atoms with Crippen LogP contribution in [-0.2, 0) is 4.74 Å². The molecule has 0 saturated carbocycles. The number of anilines is 1. The molecular formula is C9H6BrF4NO2. The van der Waals surface area contributed by atoms with Gasteiger partial charge in [-0.1, -0.05) is 0 Å². The number of carbonyl (C=O) groups excluding carboxylic acids is 1. The van der Waals surface area contributed by atoms with Crippen LogP contribution in [0.4, 0.5) is 28.0 Å². The first-order valence-corrected chi connectivity index (χ1v) is 5.03. The van der Waals surface area contributed by atoms with Gasteiger partial charge in [0.25, 0.3) is 0 Å². The fraction of sp³-hybridized carbons (Fsp3) is 0.222. The number of benzene rings is 1. The van der Waals surface area contributed by atoms with Crippen LogP contribution in [0.15, 0.2) is 22.7 Å². The van der Waals surface area contributed by atoms with Crippen molar-refractivity contribution in [1.82, 2.24) is 0 Å². The van der Waals surface area contributed by atoms with Crippen molar-refractivity contribution in [1.29, 1.82) is 0 Å². The predicted molar refractivity (Wildman–Crippen MR) is 55.1 cm³/mol. The highest BCUT2D eigenvalue weighted by atomic mass is 79.9. The van der Waals surface area contributed by atoms with E-state index in [1.807, 2.05) is 5.32 Å². The van der Waals surface area contributed by atoms with Crippen molar-refractivity contribution in [2.24, 2.45) is 0 Å². The van der Waals surface area contributed by atoms with Crippen LogP contribution in [0.5, 0.6) is 0 Å². The average Bonchev–Trinajstić information content (AvgIpc) is 2.18. The van der Waals surface area contributed by atoms with Gasteiger partial charge >= 0.3 is 12.3 Å². The lowest BCUT2D eigenvalue weighted by molar-refractivity contribution is -0.159. The Bertz CT molecular complexity index is 422. The van der Waals surface area contributed by atoms with Gasteiger partial charge in [-0.2, -0.15) is 13.2 Å². The summed E-state index contributed by atoms with van der Waals surface area (Å²) in [4.78, 5) is 10.9. The first-order chi connectivity index (χ1) is 7.78. The Labute approximate surface area is 102 Å². The molecule has 0 bridgehead atoms. The third-order valence-electron chi connectivity index (χ3n) is 1.53. The van der Waals surface area contributed by atoms with Crippen molar-refractivity contribution >= 4 is 27.7 Å². The van der Waals surface area contributed by atoms with Crippen molar-refractivity contribution in [2.45, 2.75) is 6.18 Å². The summed E-state index contributed by atoms with van der Waals surface area (Å²) in [7, 11) is 0. The number of hydrogen-bond acceptors (Lipinski definition) is 2. The van der Waals surface area contributed by atoms with E-state index in [0.29, 0.717) is 0 Å². The monoisotopic (exact) mass is 315 g/mol. The van der Waals surface area contributed by atoms with Gasteiger partial charge in [0.1, 0.15) is 5.82 Å². The number of amides is 1. The second-order valence-corrected chi connectivity index (χ2v) is 3.79. The van der Waals surface area contributed by atoms with Crippen LogP contribution in [0, 0.1) is 5.82 Å². The minimum atomic E-state index is -4.59. The Balaban J connectivity index is 2.57. The topological polar surface area (TPSA) is 38.3 Å². The highest BCUT2D eigenvalue weighted by Crippen LogP contribution is 2.23. The molecule has 8 heteroatoms. The Morgan fingerprint density at radius 3 is 2.59 bits per heavy atom. The molecule has 0 aliphatic carbocycles. The summed E-state index contributed by atoms with van der Waals surface area (Å²) >= 11 is 2.93. The summed E-state index contributed by atoms with van der Waals surface area (Å²) < 4.78 is 51.9. The van der Waals surface area contributed by atoms with Gasteiger partial charge in [-0.3, -0.25) is 5.32 Å². The zero-order chi connectivity index (χ0) is 13.1. The average molecular weight is 316 g/mol. The molecule has 0 aromatic heterocycles. The molecular weight excluding hydrogens is 310 g/mol. The molecule has 0 saturated heterocycles. The summed E-state index contributed by atoms with van der Waals surface area (Å²) in [6.07, 6.45) is -5.85. The number of nitrogens with one attached hydrogen (secondary N) is 1. The van der Waals surface area contributed by atoms with E-state index in [1.54, 1.807) is 0 Å². The molecule has 1 N–H and O–H groups in total. The first kappa shape index (κ1) is 13.8. The maximum atomic E-state index is 12.7. The number of halogens is 5. The van der Waals surface area contributed by atoms with E-state index in [0.717, 1.165) is 12.1 Å². The standard InChI is InChI=1S/C9H6BrF4NO2/c10-6-3-5(11)1-2-7(6)15-8(16)17-4-9(12,13)14/h1-3H,4H2,(H,15,16). The van der Waals surface area contributed by atoms with Crippen LogP contribution in [0.3, 0.4) is 0 Å². The molecule has 17 heavy (non-hydrogen) atoms. The Morgan fingerprint density at radius 1 is 1.41 bits per heavy atom. The predicted octanol–water partition coefficient (Wildman–Crippen LogP) is 3.70. The molecule has 1 aromatic rings. The minimum absolute atomic E-state index is 0.110. The van der Waals surface area contributed by atoms with E-state index in [2.05, 4.69) is 20.7 Å². The lowest BCUT2D eigenvalue weighted by atomic mass is 10.3. The second-order valence-electron chi connectivity index (χ2n) is 2.94. The van der Waals surface area contributed by atoms with E-state index < -0.39 is 24.7 Å². The third kappa shape index (κ3) is 5.03. The Kier molecular flexibility index (Phi) is 4.33. The maximum Gasteiger partial charge on any atom is 0.422 e. The van der Waals surface area contributed by atoms with E-state index >= 15 is 0 Å². The SMILES string of the molecule is O=C(Nc1ccc(F)cc1Br)OCC(F)(F)F. The van der Waals surface area contributed by atoms with Gasteiger partial charge in [-0.15, -0.1) is 0 Å².